The monoisotopic (exact) mass is 319 g/mol. The molecule has 2 aliphatic heterocycles. The van der Waals surface area contributed by atoms with Crippen LogP contribution >= 0.6 is 0 Å². The number of furan rings is 1. The Hall–Kier alpha value is -1.33. The number of likely N-dealkylation sites (tertiary alicyclic amines) is 1. The van der Waals surface area contributed by atoms with Crippen molar-refractivity contribution in [2.75, 3.05) is 26.3 Å². The number of carbonyl (C=O) groups is 1. The number of hydrogen-bond acceptors (Lipinski definition) is 4. The smallest absolute Gasteiger partial charge is 0.257 e. The quantitative estimate of drug-likeness (QED) is 0.856. The van der Waals surface area contributed by atoms with Gasteiger partial charge in [0.15, 0.2) is 0 Å². The van der Waals surface area contributed by atoms with E-state index in [9.17, 15) is 4.79 Å². The summed E-state index contributed by atoms with van der Waals surface area (Å²) in [6.45, 7) is 4.94. The summed E-state index contributed by atoms with van der Waals surface area (Å²) >= 11 is 0. The highest BCUT2D eigenvalue weighted by Crippen LogP contribution is 2.38. The molecular weight excluding hydrogens is 294 g/mol. The molecule has 1 aliphatic carbocycles. The minimum absolute atomic E-state index is 0.0730. The van der Waals surface area contributed by atoms with E-state index in [1.165, 1.54) is 12.8 Å². The normalized spacial score (nSPS) is 26.8. The first-order valence-corrected chi connectivity index (χ1v) is 8.74. The van der Waals surface area contributed by atoms with Crippen LogP contribution in [0.4, 0.5) is 0 Å². The van der Waals surface area contributed by atoms with Gasteiger partial charge in [-0.3, -0.25) is 4.79 Å². The third kappa shape index (κ3) is 3.17. The number of ether oxygens (including phenoxy) is 2. The van der Waals surface area contributed by atoms with Crippen molar-refractivity contribution in [1.82, 2.24) is 4.90 Å². The van der Waals surface area contributed by atoms with Gasteiger partial charge in [0.25, 0.3) is 5.91 Å². The van der Waals surface area contributed by atoms with Gasteiger partial charge in [-0.1, -0.05) is 0 Å². The number of amides is 1. The summed E-state index contributed by atoms with van der Waals surface area (Å²) in [4.78, 5) is 14.5. The average Bonchev–Trinajstić information content (AvgIpc) is 3.17. The molecule has 0 aromatic carbocycles. The maximum absolute atomic E-state index is 12.5. The van der Waals surface area contributed by atoms with E-state index >= 15 is 0 Å². The summed E-state index contributed by atoms with van der Waals surface area (Å²) in [5.74, 6) is 1.57. The molecule has 1 atom stereocenters. The van der Waals surface area contributed by atoms with Crippen LogP contribution in [0.1, 0.15) is 48.2 Å². The van der Waals surface area contributed by atoms with Gasteiger partial charge < -0.3 is 18.8 Å². The predicted molar refractivity (Wildman–Crippen MR) is 84.3 cm³/mol. The van der Waals surface area contributed by atoms with E-state index in [0.717, 1.165) is 44.9 Å². The van der Waals surface area contributed by atoms with Crippen LogP contribution in [0.5, 0.6) is 0 Å². The fraction of sp³-hybridized carbons (Fsp3) is 0.722. The maximum Gasteiger partial charge on any atom is 0.257 e. The van der Waals surface area contributed by atoms with Crippen LogP contribution in [-0.2, 0) is 9.47 Å². The molecule has 1 aromatic heterocycles. The average molecular weight is 319 g/mol. The summed E-state index contributed by atoms with van der Waals surface area (Å²) < 4.78 is 17.3. The lowest BCUT2D eigenvalue weighted by Crippen LogP contribution is -2.46. The van der Waals surface area contributed by atoms with Crippen molar-refractivity contribution >= 4 is 5.91 Å². The maximum atomic E-state index is 12.5. The minimum Gasteiger partial charge on any atom is -0.469 e. The van der Waals surface area contributed by atoms with Crippen LogP contribution in [0.3, 0.4) is 0 Å². The molecule has 1 saturated carbocycles. The van der Waals surface area contributed by atoms with Gasteiger partial charge >= 0.3 is 0 Å². The molecule has 23 heavy (non-hydrogen) atoms. The van der Waals surface area contributed by atoms with Crippen molar-refractivity contribution < 1.29 is 18.7 Å². The summed E-state index contributed by atoms with van der Waals surface area (Å²) in [7, 11) is 0. The van der Waals surface area contributed by atoms with Crippen LogP contribution < -0.4 is 0 Å². The third-order valence-corrected chi connectivity index (χ3v) is 5.49. The van der Waals surface area contributed by atoms with E-state index in [0.29, 0.717) is 17.9 Å². The van der Waals surface area contributed by atoms with Crippen molar-refractivity contribution in [2.45, 2.75) is 50.7 Å². The molecular formula is C18H25NO4. The van der Waals surface area contributed by atoms with E-state index in [4.69, 9.17) is 13.9 Å². The third-order valence-electron chi connectivity index (χ3n) is 5.49. The fourth-order valence-corrected chi connectivity index (χ4v) is 3.71. The van der Waals surface area contributed by atoms with E-state index in [1.54, 1.807) is 12.3 Å². The Labute approximate surface area is 136 Å². The highest BCUT2D eigenvalue weighted by Gasteiger charge is 2.44. The van der Waals surface area contributed by atoms with E-state index in [-0.39, 0.29) is 17.6 Å². The number of rotatable bonds is 4. The molecule has 5 nitrogen and oxygen atoms in total. The van der Waals surface area contributed by atoms with Gasteiger partial charge in [0.2, 0.25) is 0 Å². The summed E-state index contributed by atoms with van der Waals surface area (Å²) in [6, 6.07) is 1.76. The van der Waals surface area contributed by atoms with Gasteiger partial charge in [-0.05, 0) is 44.6 Å². The van der Waals surface area contributed by atoms with E-state index in [2.05, 4.69) is 0 Å². The lowest BCUT2D eigenvalue weighted by molar-refractivity contribution is -0.0410. The van der Waals surface area contributed by atoms with E-state index < -0.39 is 0 Å². The molecule has 5 heteroatoms. The molecule has 4 rings (SSSR count). The number of aryl methyl sites for hydroxylation is 1. The van der Waals surface area contributed by atoms with Crippen molar-refractivity contribution in [3.8, 4) is 0 Å². The van der Waals surface area contributed by atoms with Gasteiger partial charge in [0, 0.05) is 26.1 Å². The zero-order valence-corrected chi connectivity index (χ0v) is 13.8. The largest absolute Gasteiger partial charge is 0.469 e. The van der Waals surface area contributed by atoms with Gasteiger partial charge in [0.05, 0.1) is 30.1 Å². The second-order valence-corrected chi connectivity index (χ2v) is 7.28. The Balaban J connectivity index is 1.30. The van der Waals surface area contributed by atoms with Crippen LogP contribution in [0.2, 0.25) is 0 Å². The highest BCUT2D eigenvalue weighted by molar-refractivity contribution is 5.95. The minimum atomic E-state index is -0.0730. The van der Waals surface area contributed by atoms with Crippen LogP contribution in [0, 0.1) is 12.8 Å². The Bertz CT molecular complexity index is 569. The Morgan fingerprint density at radius 3 is 2.83 bits per heavy atom. The zero-order chi connectivity index (χ0) is 15.9. The second kappa shape index (κ2) is 5.95. The molecule has 1 spiro atoms. The summed E-state index contributed by atoms with van der Waals surface area (Å²) in [5, 5.41) is 0. The molecule has 0 N–H and O–H groups in total. The number of nitrogens with zero attached hydrogens (tertiary/aromatic N) is 1. The molecule has 3 fully saturated rings. The SMILES string of the molecule is Cc1occc1C(=O)N1CCC2(CC1)CC(OCC1CC1)CO2. The van der Waals surface area contributed by atoms with Gasteiger partial charge in [-0.15, -0.1) is 0 Å². The number of piperidine rings is 1. The molecule has 2 saturated heterocycles. The molecule has 126 valence electrons. The molecule has 3 aliphatic rings. The lowest BCUT2D eigenvalue weighted by atomic mass is 9.87. The van der Waals surface area contributed by atoms with E-state index in [1.807, 2.05) is 11.8 Å². The molecule has 1 unspecified atom stereocenters. The summed E-state index contributed by atoms with van der Waals surface area (Å²) in [5.41, 5.74) is 0.607. The molecule has 0 bridgehead atoms. The van der Waals surface area contributed by atoms with Crippen LogP contribution in [-0.4, -0.2) is 48.8 Å². The first kappa shape index (κ1) is 15.2. The highest BCUT2D eigenvalue weighted by atomic mass is 16.6. The van der Waals surface area contributed by atoms with Crippen molar-refractivity contribution in [2.24, 2.45) is 5.92 Å². The molecule has 1 aromatic rings. The number of carbonyl (C=O) groups excluding carboxylic acids is 1. The van der Waals surface area contributed by atoms with Crippen LogP contribution in [0.15, 0.2) is 16.7 Å². The second-order valence-electron chi connectivity index (χ2n) is 7.28. The number of hydrogen-bond donors (Lipinski definition) is 0. The fourth-order valence-electron chi connectivity index (χ4n) is 3.71. The van der Waals surface area contributed by atoms with Gasteiger partial charge in [-0.2, -0.15) is 0 Å². The molecule has 3 heterocycles. The van der Waals surface area contributed by atoms with Crippen molar-refractivity contribution in [1.29, 1.82) is 0 Å². The van der Waals surface area contributed by atoms with Crippen LogP contribution in [0.25, 0.3) is 0 Å². The predicted octanol–water partition coefficient (Wildman–Crippen LogP) is 2.78. The Morgan fingerprint density at radius 2 is 2.17 bits per heavy atom. The van der Waals surface area contributed by atoms with Gasteiger partial charge in [0.1, 0.15) is 5.76 Å². The Morgan fingerprint density at radius 1 is 1.39 bits per heavy atom. The van der Waals surface area contributed by atoms with Crippen molar-refractivity contribution in [3.05, 3.63) is 23.7 Å². The lowest BCUT2D eigenvalue weighted by Gasteiger charge is -2.38. The zero-order valence-electron chi connectivity index (χ0n) is 13.8. The standard InChI is InChI=1S/C18H25NO4/c1-13-16(4-9-21-13)17(20)19-7-5-18(6-8-19)10-15(12-23-18)22-11-14-2-3-14/h4,9,14-15H,2-3,5-8,10-12H2,1H3. The molecule has 0 radical (unpaired) electrons. The van der Waals surface area contributed by atoms with Gasteiger partial charge in [-0.25, -0.2) is 0 Å². The first-order chi connectivity index (χ1) is 11.2. The topological polar surface area (TPSA) is 51.9 Å². The molecule has 1 amide bonds. The summed E-state index contributed by atoms with van der Waals surface area (Å²) in [6.07, 6.45) is 7.25. The first-order valence-electron chi connectivity index (χ1n) is 8.74. The van der Waals surface area contributed by atoms with Crippen molar-refractivity contribution in [3.63, 3.8) is 0 Å². The Kier molecular flexibility index (Phi) is 3.93.